The topological polar surface area (TPSA) is 105 Å². The van der Waals surface area contributed by atoms with Gasteiger partial charge < -0.3 is 11.1 Å². The zero-order chi connectivity index (χ0) is 17.1. The van der Waals surface area contributed by atoms with Crippen molar-refractivity contribution in [3.05, 3.63) is 29.8 Å². The number of nitrogens with two attached hydrogens (primary N) is 1. The van der Waals surface area contributed by atoms with Gasteiger partial charge in [0.15, 0.2) is 0 Å². The molecule has 0 spiro atoms. The van der Waals surface area contributed by atoms with E-state index in [4.69, 9.17) is 5.73 Å². The number of hydrazine groups is 1. The van der Waals surface area contributed by atoms with Crippen LogP contribution in [0.4, 0.5) is 5.69 Å². The van der Waals surface area contributed by atoms with E-state index in [1.807, 2.05) is 0 Å². The van der Waals surface area contributed by atoms with Gasteiger partial charge in [-0.25, -0.2) is 5.01 Å². The minimum absolute atomic E-state index is 0. The third kappa shape index (κ3) is 4.29. The molecule has 1 aliphatic carbocycles. The third-order valence-corrected chi connectivity index (χ3v) is 4.72. The van der Waals surface area contributed by atoms with Gasteiger partial charge in [0.1, 0.15) is 0 Å². The summed E-state index contributed by atoms with van der Waals surface area (Å²) >= 11 is 0. The summed E-state index contributed by atoms with van der Waals surface area (Å²) in [7, 11) is 0. The summed E-state index contributed by atoms with van der Waals surface area (Å²) in [6.07, 6.45) is 3.50. The van der Waals surface area contributed by atoms with Crippen molar-refractivity contribution in [1.29, 1.82) is 0 Å². The number of rotatable bonds is 4. The van der Waals surface area contributed by atoms with E-state index in [0.29, 0.717) is 23.7 Å². The highest BCUT2D eigenvalue weighted by atomic mass is 35.5. The van der Waals surface area contributed by atoms with Gasteiger partial charge in [-0.15, -0.1) is 12.4 Å². The number of nitrogens with one attached hydrogen (secondary N) is 2. The van der Waals surface area contributed by atoms with E-state index < -0.39 is 0 Å². The fourth-order valence-electron chi connectivity index (χ4n) is 3.31. The summed E-state index contributed by atoms with van der Waals surface area (Å²) < 4.78 is 0. The Morgan fingerprint density at radius 2 is 1.92 bits per heavy atom. The van der Waals surface area contributed by atoms with Crippen LogP contribution in [-0.2, 0) is 9.59 Å². The lowest BCUT2D eigenvalue weighted by molar-refractivity contribution is -0.130. The second kappa shape index (κ2) is 8.31. The van der Waals surface area contributed by atoms with Crippen LogP contribution in [0.5, 0.6) is 0 Å². The lowest BCUT2D eigenvalue weighted by Crippen LogP contribution is -2.50. The minimum atomic E-state index is -0.189. The Kier molecular flexibility index (Phi) is 6.39. The van der Waals surface area contributed by atoms with Gasteiger partial charge in [-0.1, -0.05) is 6.42 Å². The van der Waals surface area contributed by atoms with Gasteiger partial charge in [0.25, 0.3) is 5.91 Å². The number of carbonyl (C=O) groups excluding carboxylic acids is 3. The van der Waals surface area contributed by atoms with Crippen molar-refractivity contribution < 1.29 is 14.4 Å². The Bertz CT molecular complexity index is 650. The molecule has 8 heteroatoms. The third-order valence-electron chi connectivity index (χ3n) is 4.72. The first kappa shape index (κ1) is 19.2. The molecule has 0 radical (unpaired) electrons. The molecular weight excluding hydrogens is 344 g/mol. The number of anilines is 1. The van der Waals surface area contributed by atoms with E-state index in [9.17, 15) is 14.4 Å². The quantitative estimate of drug-likeness (QED) is 0.742. The molecule has 0 aromatic heterocycles. The molecule has 25 heavy (non-hydrogen) atoms. The fraction of sp³-hybridized carbons (Fsp3) is 0.471. The molecule has 3 amide bonds. The lowest BCUT2D eigenvalue weighted by Gasteiger charge is -2.27. The molecule has 1 heterocycles. The summed E-state index contributed by atoms with van der Waals surface area (Å²) in [5, 5.41) is 4.27. The molecule has 136 valence electrons. The van der Waals surface area contributed by atoms with Crippen LogP contribution in [0.15, 0.2) is 24.3 Å². The molecule has 4 N–H and O–H groups in total. The van der Waals surface area contributed by atoms with Gasteiger partial charge >= 0.3 is 0 Å². The molecule has 2 fully saturated rings. The smallest absolute Gasteiger partial charge is 0.251 e. The largest absolute Gasteiger partial charge is 0.349 e. The zero-order valence-electron chi connectivity index (χ0n) is 13.9. The highest BCUT2D eigenvalue weighted by Gasteiger charge is 2.28. The van der Waals surface area contributed by atoms with Gasteiger partial charge in [0, 0.05) is 24.4 Å². The molecule has 2 aliphatic rings. The van der Waals surface area contributed by atoms with Gasteiger partial charge in [-0.2, -0.15) is 0 Å². The summed E-state index contributed by atoms with van der Waals surface area (Å²) in [6.45, 7) is 0.584. The number of hydrogen-bond acceptors (Lipinski definition) is 4. The van der Waals surface area contributed by atoms with Crippen molar-refractivity contribution in [3.63, 3.8) is 0 Å². The monoisotopic (exact) mass is 366 g/mol. The molecule has 3 rings (SSSR count). The summed E-state index contributed by atoms with van der Waals surface area (Å²) in [5.41, 5.74) is 9.35. The highest BCUT2D eigenvalue weighted by Crippen LogP contribution is 2.25. The number of benzene rings is 1. The summed E-state index contributed by atoms with van der Waals surface area (Å²) in [5.74, 6) is -0.149. The number of amides is 3. The Hall–Kier alpha value is -2.12. The predicted molar refractivity (Wildman–Crippen MR) is 96.2 cm³/mol. The van der Waals surface area contributed by atoms with Crippen LogP contribution in [0.25, 0.3) is 0 Å². The van der Waals surface area contributed by atoms with E-state index in [1.165, 1.54) is 5.01 Å². The van der Waals surface area contributed by atoms with Crippen molar-refractivity contribution in [1.82, 2.24) is 10.7 Å². The van der Waals surface area contributed by atoms with Gasteiger partial charge in [-0.05, 0) is 49.6 Å². The van der Waals surface area contributed by atoms with Gasteiger partial charge in [-0.3, -0.25) is 19.8 Å². The Labute approximate surface area is 152 Å². The van der Waals surface area contributed by atoms with E-state index >= 15 is 0 Å². The van der Waals surface area contributed by atoms with E-state index in [0.717, 1.165) is 19.3 Å². The number of halogens is 1. The fourth-order valence-corrected chi connectivity index (χ4v) is 3.31. The van der Waals surface area contributed by atoms with Crippen LogP contribution in [0, 0.1) is 5.92 Å². The first-order valence-corrected chi connectivity index (χ1v) is 8.32. The van der Waals surface area contributed by atoms with Crippen molar-refractivity contribution in [2.75, 3.05) is 11.6 Å². The van der Waals surface area contributed by atoms with Crippen molar-refractivity contribution in [3.8, 4) is 0 Å². The van der Waals surface area contributed by atoms with Gasteiger partial charge in [0.2, 0.25) is 11.8 Å². The van der Waals surface area contributed by atoms with Crippen LogP contribution < -0.4 is 21.5 Å². The van der Waals surface area contributed by atoms with Crippen molar-refractivity contribution in [2.24, 2.45) is 11.7 Å². The highest BCUT2D eigenvalue weighted by molar-refractivity contribution is 6.01. The molecule has 2 atom stereocenters. The van der Waals surface area contributed by atoms with Crippen LogP contribution in [0.3, 0.4) is 0 Å². The van der Waals surface area contributed by atoms with Crippen LogP contribution in [0.2, 0.25) is 0 Å². The predicted octanol–water partition coefficient (Wildman–Crippen LogP) is 1.12. The number of hydrogen-bond donors (Lipinski definition) is 3. The molecule has 2 unspecified atom stereocenters. The second-order valence-corrected chi connectivity index (χ2v) is 6.32. The van der Waals surface area contributed by atoms with Crippen LogP contribution in [-0.4, -0.2) is 30.3 Å². The standard InChI is InChI=1S/C17H22N4O3.ClH/c18-10-12-2-1-3-14(12)19-17(24)11-4-6-13(7-5-11)21-16(23)9-8-15(22)20-21;/h4-7,12,14H,1-3,8-10,18H2,(H,19,24)(H,20,22);1H. The van der Waals surface area contributed by atoms with Crippen molar-refractivity contribution in [2.45, 2.75) is 38.1 Å². The maximum atomic E-state index is 12.4. The van der Waals surface area contributed by atoms with Gasteiger partial charge in [0.05, 0.1) is 5.69 Å². The van der Waals surface area contributed by atoms with Crippen LogP contribution in [0.1, 0.15) is 42.5 Å². The average Bonchev–Trinajstić information content (AvgIpc) is 3.04. The summed E-state index contributed by atoms with van der Waals surface area (Å²) in [4.78, 5) is 35.7. The molecule has 0 bridgehead atoms. The van der Waals surface area contributed by atoms with Crippen LogP contribution >= 0.6 is 12.4 Å². The molecule has 7 nitrogen and oxygen atoms in total. The molecule has 1 saturated carbocycles. The average molecular weight is 367 g/mol. The SMILES string of the molecule is Cl.NCC1CCCC1NC(=O)c1ccc(N2NC(=O)CCC2=O)cc1. The zero-order valence-corrected chi connectivity index (χ0v) is 14.7. The molecule has 1 aromatic rings. The van der Waals surface area contributed by atoms with E-state index in [-0.39, 0.29) is 49.0 Å². The Balaban J connectivity index is 0.00000225. The maximum Gasteiger partial charge on any atom is 0.251 e. The first-order chi connectivity index (χ1) is 11.6. The van der Waals surface area contributed by atoms with E-state index in [2.05, 4.69) is 10.7 Å². The van der Waals surface area contributed by atoms with E-state index in [1.54, 1.807) is 24.3 Å². The second-order valence-electron chi connectivity index (χ2n) is 6.32. The summed E-state index contributed by atoms with van der Waals surface area (Å²) in [6, 6.07) is 6.77. The Morgan fingerprint density at radius 1 is 1.20 bits per heavy atom. The molecule has 1 aliphatic heterocycles. The maximum absolute atomic E-state index is 12.4. The lowest BCUT2D eigenvalue weighted by atomic mass is 10.0. The first-order valence-electron chi connectivity index (χ1n) is 8.32. The molecule has 1 aromatic carbocycles. The molecular formula is C17H23ClN4O3. The normalized spacial score (nSPS) is 23.0. The number of carbonyl (C=O) groups is 3. The number of nitrogens with zero attached hydrogens (tertiary/aromatic N) is 1. The van der Waals surface area contributed by atoms with Crippen molar-refractivity contribution >= 4 is 35.8 Å². The Morgan fingerprint density at radius 3 is 2.60 bits per heavy atom. The molecule has 1 saturated heterocycles. The minimum Gasteiger partial charge on any atom is -0.349 e.